The van der Waals surface area contributed by atoms with E-state index in [4.69, 9.17) is 0 Å². The maximum atomic E-state index is 13.1. The number of hydrogen-bond donors (Lipinski definition) is 0. The number of nitrogens with zero attached hydrogens (tertiary/aromatic N) is 3. The largest absolute Gasteiger partial charge is 0.305 e. The van der Waals surface area contributed by atoms with Gasteiger partial charge in [0.2, 0.25) is 0 Å². The number of amides is 1. The highest BCUT2D eigenvalue weighted by atomic mass is 32.1. The monoisotopic (exact) mass is 357 g/mol. The molecule has 3 heterocycles. The van der Waals surface area contributed by atoms with E-state index in [9.17, 15) is 4.79 Å². The van der Waals surface area contributed by atoms with E-state index in [-0.39, 0.29) is 5.91 Å². The zero-order chi connectivity index (χ0) is 17.5. The molecule has 0 atom stereocenters. The van der Waals surface area contributed by atoms with Crippen molar-refractivity contribution in [3.63, 3.8) is 0 Å². The quantitative estimate of drug-likeness (QED) is 0.512. The number of fused-ring (bicyclic) bond motifs is 3. The Balaban J connectivity index is 1.67. The van der Waals surface area contributed by atoms with Crippen LogP contribution in [0.1, 0.15) is 9.67 Å². The topological polar surface area (TPSA) is 38.1 Å². The molecular weight excluding hydrogens is 342 g/mol. The Hall–Kier alpha value is -3.18. The molecule has 4 aromatic rings. The molecule has 1 aliphatic heterocycles. The summed E-state index contributed by atoms with van der Waals surface area (Å²) < 4.78 is 2.11. The molecule has 0 bridgehead atoms. The molecule has 0 saturated carbocycles. The van der Waals surface area contributed by atoms with Crippen molar-refractivity contribution in [1.29, 1.82) is 0 Å². The molecule has 0 fully saturated rings. The Labute approximate surface area is 155 Å². The zero-order valence-corrected chi connectivity index (χ0v) is 14.7. The number of hydrogen-bond acceptors (Lipinski definition) is 3. The number of thiophene rings is 1. The van der Waals surface area contributed by atoms with E-state index < -0.39 is 0 Å². The summed E-state index contributed by atoms with van der Waals surface area (Å²) in [7, 11) is 0. The predicted octanol–water partition coefficient (Wildman–Crippen LogP) is 4.90. The second-order valence-corrected chi connectivity index (χ2v) is 7.08. The molecule has 4 nitrogen and oxygen atoms in total. The van der Waals surface area contributed by atoms with E-state index >= 15 is 0 Å². The number of rotatable bonds is 2. The first-order valence-electron chi connectivity index (χ1n) is 8.38. The smallest absolute Gasteiger partial charge is 0.269 e. The summed E-state index contributed by atoms with van der Waals surface area (Å²) in [6, 6.07) is 21.9. The highest BCUT2D eigenvalue weighted by Gasteiger charge is 2.29. The number of aromatic nitrogens is 2. The van der Waals surface area contributed by atoms with Crippen molar-refractivity contribution in [2.24, 2.45) is 0 Å². The molecule has 0 saturated heterocycles. The van der Waals surface area contributed by atoms with E-state index in [0.29, 0.717) is 6.67 Å². The zero-order valence-electron chi connectivity index (χ0n) is 13.9. The molecule has 5 rings (SSSR count). The Morgan fingerprint density at radius 2 is 1.77 bits per heavy atom. The standard InChI is InChI=1S/C21H15N3OS/c25-21(19-11-6-12-26-19)24-14-23-18(16-9-4-5-10-17(16)24)13-22-20(23)15-7-2-1-3-8-15/h1-13H,14H2. The van der Waals surface area contributed by atoms with Crippen LogP contribution in [0.15, 0.2) is 78.3 Å². The van der Waals surface area contributed by atoms with Crippen LogP contribution in [0.2, 0.25) is 0 Å². The molecule has 0 aliphatic carbocycles. The van der Waals surface area contributed by atoms with Gasteiger partial charge in [-0.3, -0.25) is 9.69 Å². The third-order valence-corrected chi connectivity index (χ3v) is 5.48. The first kappa shape index (κ1) is 15.1. The molecule has 2 aromatic heterocycles. The molecule has 0 radical (unpaired) electrons. The third-order valence-electron chi connectivity index (χ3n) is 4.62. The van der Waals surface area contributed by atoms with Crippen molar-refractivity contribution in [2.45, 2.75) is 6.67 Å². The molecule has 126 valence electrons. The van der Waals surface area contributed by atoms with E-state index in [1.54, 1.807) is 0 Å². The van der Waals surface area contributed by atoms with Gasteiger partial charge in [0.15, 0.2) is 0 Å². The molecule has 0 spiro atoms. The van der Waals surface area contributed by atoms with Crippen molar-refractivity contribution in [2.75, 3.05) is 4.90 Å². The maximum Gasteiger partial charge on any atom is 0.269 e. The summed E-state index contributed by atoms with van der Waals surface area (Å²) in [5, 5.41) is 1.93. The lowest BCUT2D eigenvalue weighted by molar-refractivity contribution is 0.0983. The SMILES string of the molecule is O=C(c1cccs1)N1Cn2c(cnc2-c2ccccc2)-c2ccccc21. The number of para-hydroxylation sites is 1. The summed E-state index contributed by atoms with van der Waals surface area (Å²) in [6.07, 6.45) is 1.90. The normalized spacial score (nSPS) is 12.5. The van der Waals surface area contributed by atoms with Crippen LogP contribution in [-0.4, -0.2) is 15.5 Å². The highest BCUT2D eigenvalue weighted by Crippen LogP contribution is 2.39. The van der Waals surface area contributed by atoms with Crippen LogP contribution in [0.4, 0.5) is 5.69 Å². The van der Waals surface area contributed by atoms with E-state index in [1.807, 2.05) is 83.2 Å². The Morgan fingerprint density at radius 1 is 0.962 bits per heavy atom. The fraction of sp³-hybridized carbons (Fsp3) is 0.0476. The van der Waals surface area contributed by atoms with Gasteiger partial charge in [0.1, 0.15) is 12.5 Å². The predicted molar refractivity (Wildman–Crippen MR) is 104 cm³/mol. The van der Waals surface area contributed by atoms with Crippen molar-refractivity contribution < 1.29 is 4.79 Å². The van der Waals surface area contributed by atoms with Crippen LogP contribution in [-0.2, 0) is 6.67 Å². The first-order valence-corrected chi connectivity index (χ1v) is 9.26. The fourth-order valence-electron chi connectivity index (χ4n) is 3.40. The van der Waals surface area contributed by atoms with Crippen LogP contribution in [0.25, 0.3) is 22.6 Å². The second kappa shape index (κ2) is 5.97. The molecule has 26 heavy (non-hydrogen) atoms. The van der Waals surface area contributed by atoms with Crippen molar-refractivity contribution >= 4 is 22.9 Å². The van der Waals surface area contributed by atoms with Gasteiger partial charge < -0.3 is 4.57 Å². The van der Waals surface area contributed by atoms with Crippen molar-refractivity contribution in [3.8, 4) is 22.6 Å². The summed E-state index contributed by atoms with van der Waals surface area (Å²) in [4.78, 5) is 20.3. The van der Waals surface area contributed by atoms with Gasteiger partial charge in [-0.15, -0.1) is 11.3 Å². The number of benzene rings is 2. The first-order chi connectivity index (χ1) is 12.8. The summed E-state index contributed by atoms with van der Waals surface area (Å²) >= 11 is 1.47. The van der Waals surface area contributed by atoms with Gasteiger partial charge in [0, 0.05) is 11.1 Å². The lowest BCUT2D eigenvalue weighted by atomic mass is 10.1. The number of carbonyl (C=O) groups excluding carboxylic acids is 1. The molecule has 1 aliphatic rings. The van der Waals surface area contributed by atoms with Crippen LogP contribution < -0.4 is 4.90 Å². The molecular formula is C21H15N3OS. The average molecular weight is 357 g/mol. The van der Waals surface area contributed by atoms with Gasteiger partial charge in [0.05, 0.1) is 22.5 Å². The van der Waals surface area contributed by atoms with Gasteiger partial charge >= 0.3 is 0 Å². The fourth-order valence-corrected chi connectivity index (χ4v) is 4.07. The van der Waals surface area contributed by atoms with Crippen LogP contribution in [0, 0.1) is 0 Å². The Morgan fingerprint density at radius 3 is 2.58 bits per heavy atom. The van der Waals surface area contributed by atoms with Crippen molar-refractivity contribution in [3.05, 3.63) is 83.2 Å². The van der Waals surface area contributed by atoms with Gasteiger partial charge in [-0.05, 0) is 17.5 Å². The second-order valence-electron chi connectivity index (χ2n) is 6.13. The summed E-state index contributed by atoms with van der Waals surface area (Å²) in [5.74, 6) is 0.893. The van der Waals surface area contributed by atoms with E-state index in [1.165, 1.54) is 11.3 Å². The van der Waals surface area contributed by atoms with E-state index in [2.05, 4.69) is 9.55 Å². The Bertz CT molecular complexity index is 1070. The number of imidazole rings is 1. The minimum atomic E-state index is 0.0193. The van der Waals surface area contributed by atoms with Gasteiger partial charge in [-0.25, -0.2) is 4.98 Å². The van der Waals surface area contributed by atoms with Gasteiger partial charge in [-0.1, -0.05) is 54.6 Å². The van der Waals surface area contributed by atoms with E-state index in [0.717, 1.165) is 33.2 Å². The molecule has 1 amide bonds. The molecule has 5 heteroatoms. The summed E-state index contributed by atoms with van der Waals surface area (Å²) in [6.45, 7) is 0.452. The number of anilines is 1. The molecule has 0 unspecified atom stereocenters. The maximum absolute atomic E-state index is 13.1. The van der Waals surface area contributed by atoms with Gasteiger partial charge in [0.25, 0.3) is 5.91 Å². The van der Waals surface area contributed by atoms with Crippen LogP contribution >= 0.6 is 11.3 Å². The minimum Gasteiger partial charge on any atom is -0.305 e. The average Bonchev–Trinajstić information content (AvgIpc) is 3.37. The molecule has 0 N–H and O–H groups in total. The lowest BCUT2D eigenvalue weighted by Crippen LogP contribution is -2.35. The van der Waals surface area contributed by atoms with Gasteiger partial charge in [-0.2, -0.15) is 0 Å². The summed E-state index contributed by atoms with van der Waals surface area (Å²) in [5.41, 5.74) is 4.03. The van der Waals surface area contributed by atoms with Crippen molar-refractivity contribution in [1.82, 2.24) is 9.55 Å². The van der Waals surface area contributed by atoms with Crippen LogP contribution in [0.5, 0.6) is 0 Å². The highest BCUT2D eigenvalue weighted by molar-refractivity contribution is 7.12. The Kier molecular flexibility index (Phi) is 3.47. The molecule has 2 aromatic carbocycles. The third kappa shape index (κ3) is 2.29. The minimum absolute atomic E-state index is 0.0193. The number of carbonyl (C=O) groups is 1. The lowest BCUT2D eigenvalue weighted by Gasteiger charge is -2.31. The van der Waals surface area contributed by atoms with Crippen LogP contribution in [0.3, 0.4) is 0 Å².